The van der Waals surface area contributed by atoms with Crippen LogP contribution in [0.5, 0.6) is 0 Å². The third-order valence-corrected chi connectivity index (χ3v) is 5.44. The van der Waals surface area contributed by atoms with Gasteiger partial charge in [-0.25, -0.2) is 21.6 Å². The highest BCUT2D eigenvalue weighted by Gasteiger charge is 2.27. The molecule has 10 heteroatoms. The van der Waals surface area contributed by atoms with Crippen molar-refractivity contribution in [2.24, 2.45) is 16.3 Å². The summed E-state index contributed by atoms with van der Waals surface area (Å²) in [5.41, 5.74) is 4.44. The minimum absolute atomic E-state index is 0.153. The number of sulfonamides is 1. The van der Waals surface area contributed by atoms with Crippen LogP contribution in [0.25, 0.3) is 0 Å². The van der Waals surface area contributed by atoms with Crippen LogP contribution in [-0.2, 0) is 19.9 Å². The lowest BCUT2D eigenvalue weighted by atomic mass is 9.93. The second kappa shape index (κ2) is 5.19. The maximum absolute atomic E-state index is 11.4. The Hall–Kier alpha value is -0.870. The van der Waals surface area contributed by atoms with Gasteiger partial charge in [-0.1, -0.05) is 19.0 Å². The van der Waals surface area contributed by atoms with E-state index >= 15 is 0 Å². The van der Waals surface area contributed by atoms with Crippen molar-refractivity contribution in [2.75, 3.05) is 17.9 Å². The molecule has 0 aliphatic carbocycles. The summed E-state index contributed by atoms with van der Waals surface area (Å²) in [5.74, 6) is -0.153. The van der Waals surface area contributed by atoms with Crippen molar-refractivity contribution in [3.05, 3.63) is 0 Å². The molecule has 0 unspecified atom stereocenters. The topological polar surface area (TPSA) is 139 Å². The van der Waals surface area contributed by atoms with E-state index in [1.165, 1.54) is 0 Å². The van der Waals surface area contributed by atoms with Gasteiger partial charge >= 0.3 is 0 Å². The number of nitrogens with one attached hydrogen (secondary N) is 1. The lowest BCUT2D eigenvalue weighted by Gasteiger charge is -2.22. The van der Waals surface area contributed by atoms with Crippen LogP contribution >= 0.6 is 0 Å². The molecule has 0 saturated heterocycles. The smallest absolute Gasteiger partial charge is 0.226 e. The number of nitrogens with two attached hydrogens (primary N) is 1. The average Bonchev–Trinajstić information content (AvgIpc) is 2.10. The molecular formula is C7H17N3O5S2. The Bertz CT molecular complexity index is 492. The second-order valence-corrected chi connectivity index (χ2v) is 8.66. The predicted molar refractivity (Wildman–Crippen MR) is 63.8 cm³/mol. The number of hydrogen-bond acceptors (Lipinski definition) is 6. The molecule has 0 saturated carbocycles. The van der Waals surface area contributed by atoms with Gasteiger partial charge in [0, 0.05) is 18.2 Å². The van der Waals surface area contributed by atoms with E-state index < -0.39 is 30.4 Å². The van der Waals surface area contributed by atoms with E-state index in [9.17, 15) is 16.8 Å². The fourth-order valence-electron chi connectivity index (χ4n) is 0.840. The molecule has 0 aromatic carbocycles. The summed E-state index contributed by atoms with van der Waals surface area (Å²) >= 11 is 0. The number of nitrogens with zero attached hydrogens (tertiary/aromatic N) is 1. The summed E-state index contributed by atoms with van der Waals surface area (Å²) < 4.78 is 46.5. The SMILES string of the molecule is CC(C)(CNS(=O)(=O)CS(C)(=O)=O)C(N)=NO. The zero-order valence-electron chi connectivity index (χ0n) is 9.84. The summed E-state index contributed by atoms with van der Waals surface area (Å²) in [6, 6.07) is 0. The van der Waals surface area contributed by atoms with E-state index in [4.69, 9.17) is 10.9 Å². The van der Waals surface area contributed by atoms with E-state index in [1.54, 1.807) is 13.8 Å². The molecule has 0 bridgehead atoms. The summed E-state index contributed by atoms with van der Waals surface area (Å²) in [6.45, 7) is 2.93. The zero-order valence-corrected chi connectivity index (χ0v) is 11.5. The van der Waals surface area contributed by atoms with Gasteiger partial charge < -0.3 is 10.9 Å². The molecule has 102 valence electrons. The van der Waals surface area contributed by atoms with Crippen LogP contribution in [0.4, 0.5) is 0 Å². The van der Waals surface area contributed by atoms with Crippen molar-refractivity contribution in [3.63, 3.8) is 0 Å². The molecule has 4 N–H and O–H groups in total. The van der Waals surface area contributed by atoms with Crippen LogP contribution in [-0.4, -0.2) is 45.8 Å². The van der Waals surface area contributed by atoms with Crippen molar-refractivity contribution in [1.29, 1.82) is 0 Å². The molecule has 0 fully saturated rings. The third kappa shape index (κ3) is 6.44. The summed E-state index contributed by atoms with van der Waals surface area (Å²) in [5, 5.41) is 10.3. The first-order valence-electron chi connectivity index (χ1n) is 4.53. The lowest BCUT2D eigenvalue weighted by Crippen LogP contribution is -2.43. The molecule has 0 aliphatic heterocycles. The quantitative estimate of drug-likeness (QED) is 0.240. The van der Waals surface area contributed by atoms with E-state index in [-0.39, 0.29) is 12.4 Å². The van der Waals surface area contributed by atoms with Gasteiger partial charge in [-0.3, -0.25) is 0 Å². The Balaban J connectivity index is 4.70. The van der Waals surface area contributed by atoms with E-state index in [0.717, 1.165) is 6.26 Å². The van der Waals surface area contributed by atoms with E-state index in [1.807, 2.05) is 0 Å². The maximum Gasteiger partial charge on any atom is 0.226 e. The number of hydrogen-bond donors (Lipinski definition) is 3. The highest BCUT2D eigenvalue weighted by atomic mass is 32.3. The Morgan fingerprint density at radius 2 is 1.82 bits per heavy atom. The van der Waals surface area contributed by atoms with Crippen LogP contribution in [0, 0.1) is 5.41 Å². The highest BCUT2D eigenvalue weighted by molar-refractivity contribution is 8.06. The maximum atomic E-state index is 11.4. The number of rotatable bonds is 6. The van der Waals surface area contributed by atoms with Crippen LogP contribution < -0.4 is 10.5 Å². The number of amidine groups is 1. The molecule has 0 aromatic heterocycles. The first kappa shape index (κ1) is 16.1. The molecule has 0 atom stereocenters. The van der Waals surface area contributed by atoms with Gasteiger partial charge in [0.2, 0.25) is 10.0 Å². The molecule has 0 amide bonds. The van der Waals surface area contributed by atoms with Crippen LogP contribution in [0.15, 0.2) is 5.16 Å². The average molecular weight is 287 g/mol. The first-order chi connectivity index (χ1) is 7.40. The van der Waals surface area contributed by atoms with Gasteiger partial charge in [-0.2, -0.15) is 0 Å². The normalized spacial score (nSPS) is 14.9. The molecule has 0 radical (unpaired) electrons. The highest BCUT2D eigenvalue weighted by Crippen LogP contribution is 2.13. The molecule has 0 aliphatic rings. The Kier molecular flexibility index (Phi) is 4.92. The molecule has 0 aromatic rings. The molecule has 0 spiro atoms. The molecule has 0 rings (SSSR count). The fourth-order valence-corrected chi connectivity index (χ4v) is 4.01. The summed E-state index contributed by atoms with van der Waals surface area (Å²) in [7, 11) is -7.58. The Morgan fingerprint density at radius 3 is 2.18 bits per heavy atom. The minimum atomic E-state index is -3.94. The molecular weight excluding hydrogens is 270 g/mol. The molecule has 0 heterocycles. The monoisotopic (exact) mass is 287 g/mol. The van der Waals surface area contributed by atoms with Gasteiger partial charge in [0.25, 0.3) is 0 Å². The third-order valence-electron chi connectivity index (χ3n) is 1.90. The van der Waals surface area contributed by atoms with Gasteiger partial charge in [0.05, 0.1) is 0 Å². The van der Waals surface area contributed by atoms with Crippen molar-refractivity contribution in [2.45, 2.75) is 13.8 Å². The van der Waals surface area contributed by atoms with Crippen molar-refractivity contribution in [3.8, 4) is 0 Å². The Labute approximate surface area is 101 Å². The zero-order chi connectivity index (χ0) is 13.9. The van der Waals surface area contributed by atoms with Gasteiger partial charge in [-0.15, -0.1) is 0 Å². The van der Waals surface area contributed by atoms with Crippen molar-refractivity contribution >= 4 is 25.7 Å². The Morgan fingerprint density at radius 1 is 1.35 bits per heavy atom. The largest absolute Gasteiger partial charge is 0.409 e. The predicted octanol–water partition coefficient (Wildman–Crippen LogP) is -1.32. The number of oxime groups is 1. The number of sulfone groups is 1. The van der Waals surface area contributed by atoms with E-state index in [2.05, 4.69) is 9.88 Å². The molecule has 17 heavy (non-hydrogen) atoms. The van der Waals surface area contributed by atoms with Crippen LogP contribution in [0.2, 0.25) is 0 Å². The van der Waals surface area contributed by atoms with Gasteiger partial charge in [-0.05, 0) is 0 Å². The van der Waals surface area contributed by atoms with Crippen LogP contribution in [0.1, 0.15) is 13.8 Å². The first-order valence-corrected chi connectivity index (χ1v) is 8.24. The van der Waals surface area contributed by atoms with Gasteiger partial charge in [0.15, 0.2) is 14.9 Å². The van der Waals surface area contributed by atoms with E-state index in [0.29, 0.717) is 0 Å². The standard InChI is InChI=1S/C7H17N3O5S2/c1-7(2,6(8)10-11)4-9-17(14,15)5-16(3,12)13/h9,11H,4-5H2,1-3H3,(H2,8,10). The fraction of sp³-hybridized carbons (Fsp3) is 0.857. The summed E-state index contributed by atoms with van der Waals surface area (Å²) in [6.07, 6.45) is 0.820. The second-order valence-electron chi connectivity index (χ2n) is 4.35. The summed E-state index contributed by atoms with van der Waals surface area (Å²) in [4.78, 5) is 0. The van der Waals surface area contributed by atoms with Crippen LogP contribution in [0.3, 0.4) is 0 Å². The van der Waals surface area contributed by atoms with Crippen molar-refractivity contribution < 1.29 is 22.0 Å². The van der Waals surface area contributed by atoms with Crippen molar-refractivity contribution in [1.82, 2.24) is 4.72 Å². The lowest BCUT2D eigenvalue weighted by molar-refractivity contribution is 0.307. The molecule has 8 nitrogen and oxygen atoms in total. The van der Waals surface area contributed by atoms with Gasteiger partial charge in [0.1, 0.15) is 5.84 Å². The minimum Gasteiger partial charge on any atom is -0.409 e.